The van der Waals surface area contributed by atoms with E-state index in [0.717, 1.165) is 20.3 Å². The summed E-state index contributed by atoms with van der Waals surface area (Å²) in [5, 5.41) is 3.40. The molecule has 0 spiro atoms. The van der Waals surface area contributed by atoms with Crippen molar-refractivity contribution < 1.29 is 0 Å². The lowest BCUT2D eigenvalue weighted by atomic mass is 10.1. The van der Waals surface area contributed by atoms with Crippen LogP contribution in [-0.2, 0) is 0 Å². The summed E-state index contributed by atoms with van der Waals surface area (Å²) in [5.41, 5.74) is 4.55. The third-order valence-corrected chi connectivity index (χ3v) is 3.72. The normalized spacial score (nSPS) is 10.4. The number of nitrogens with one attached hydrogen (secondary N) is 1. The minimum absolute atomic E-state index is 0.951. The molecule has 0 amide bonds. The van der Waals surface area contributed by atoms with Gasteiger partial charge in [0.25, 0.3) is 0 Å². The molecule has 0 unspecified atom stereocenters. The molecule has 0 fully saturated rings. The first-order valence-electron chi connectivity index (χ1n) is 5.21. The van der Waals surface area contributed by atoms with Gasteiger partial charge in [0.05, 0.1) is 15.8 Å². The number of aromatic nitrogens is 1. The second-order valence-corrected chi connectivity index (χ2v) is 5.63. The molecule has 0 aliphatic heterocycles. The van der Waals surface area contributed by atoms with E-state index in [9.17, 15) is 0 Å². The molecule has 17 heavy (non-hydrogen) atoms. The zero-order valence-corrected chi connectivity index (χ0v) is 12.8. The van der Waals surface area contributed by atoms with E-state index < -0.39 is 0 Å². The van der Waals surface area contributed by atoms with Crippen molar-refractivity contribution in [1.82, 2.24) is 4.98 Å². The summed E-state index contributed by atoms with van der Waals surface area (Å²) < 4.78 is 2.02. The fourth-order valence-electron chi connectivity index (χ4n) is 1.69. The zero-order chi connectivity index (χ0) is 12.4. The Morgan fingerprint density at radius 3 is 2.53 bits per heavy atom. The topological polar surface area (TPSA) is 24.9 Å². The molecule has 1 heterocycles. The average Bonchev–Trinajstić information content (AvgIpc) is 2.25. The van der Waals surface area contributed by atoms with Crippen molar-refractivity contribution in [2.75, 3.05) is 5.32 Å². The molecule has 2 nitrogen and oxygen atoms in total. The van der Waals surface area contributed by atoms with Gasteiger partial charge in [-0.05, 0) is 69.0 Å². The van der Waals surface area contributed by atoms with Crippen LogP contribution in [-0.4, -0.2) is 4.98 Å². The van der Waals surface area contributed by atoms with Crippen molar-refractivity contribution >= 4 is 43.2 Å². The van der Waals surface area contributed by atoms with Crippen LogP contribution >= 0.6 is 31.9 Å². The van der Waals surface area contributed by atoms with E-state index in [4.69, 9.17) is 0 Å². The number of hydrogen-bond donors (Lipinski definition) is 1. The molecule has 88 valence electrons. The monoisotopic (exact) mass is 354 g/mol. The van der Waals surface area contributed by atoms with Crippen molar-refractivity contribution in [3.63, 3.8) is 0 Å². The summed E-state index contributed by atoms with van der Waals surface area (Å²) in [5.74, 6) is 0. The molecule has 0 bridgehead atoms. The highest BCUT2D eigenvalue weighted by Gasteiger charge is 2.07. The number of hydrogen-bond acceptors (Lipinski definition) is 2. The van der Waals surface area contributed by atoms with Crippen LogP contribution in [0.15, 0.2) is 39.5 Å². The number of halogens is 2. The number of anilines is 2. The van der Waals surface area contributed by atoms with Crippen molar-refractivity contribution in [3.05, 3.63) is 50.7 Å². The van der Waals surface area contributed by atoms with Gasteiger partial charge in [0.15, 0.2) is 0 Å². The Labute approximate surface area is 118 Å². The van der Waals surface area contributed by atoms with Crippen molar-refractivity contribution in [1.29, 1.82) is 0 Å². The Kier molecular flexibility index (Phi) is 3.84. The fraction of sp³-hybridized carbons (Fsp3) is 0.154. The molecule has 0 aliphatic carbocycles. The standard InChI is InChI=1S/C13H12Br2N2/c1-8-5-9(2)13(10(14)6-8)17-12-3-4-16-7-11(12)15/h3-7H,1-2H3,(H,16,17). The van der Waals surface area contributed by atoms with E-state index in [2.05, 4.69) is 68.1 Å². The van der Waals surface area contributed by atoms with Crippen LogP contribution in [0.2, 0.25) is 0 Å². The SMILES string of the molecule is Cc1cc(C)c(Nc2ccncc2Br)c(Br)c1. The Morgan fingerprint density at radius 2 is 1.88 bits per heavy atom. The molecule has 1 aromatic heterocycles. The van der Waals surface area contributed by atoms with Gasteiger partial charge in [-0.15, -0.1) is 0 Å². The highest BCUT2D eigenvalue weighted by molar-refractivity contribution is 9.11. The maximum Gasteiger partial charge on any atom is 0.0593 e. The van der Waals surface area contributed by atoms with Crippen molar-refractivity contribution in [2.24, 2.45) is 0 Å². The third kappa shape index (κ3) is 2.87. The second-order valence-electron chi connectivity index (χ2n) is 3.92. The molecule has 0 radical (unpaired) electrons. The molecule has 2 rings (SSSR count). The van der Waals surface area contributed by atoms with Crippen LogP contribution in [0.1, 0.15) is 11.1 Å². The van der Waals surface area contributed by atoms with Gasteiger partial charge in [0.1, 0.15) is 0 Å². The largest absolute Gasteiger partial charge is 0.353 e. The molecule has 4 heteroatoms. The van der Waals surface area contributed by atoms with Gasteiger partial charge in [-0.3, -0.25) is 4.98 Å². The first-order chi connectivity index (χ1) is 8.08. The maximum atomic E-state index is 4.05. The van der Waals surface area contributed by atoms with E-state index in [0.29, 0.717) is 0 Å². The van der Waals surface area contributed by atoms with E-state index in [1.165, 1.54) is 11.1 Å². The van der Waals surface area contributed by atoms with Crippen molar-refractivity contribution in [3.8, 4) is 0 Å². The van der Waals surface area contributed by atoms with E-state index >= 15 is 0 Å². The zero-order valence-electron chi connectivity index (χ0n) is 9.59. The third-order valence-electron chi connectivity index (χ3n) is 2.46. The van der Waals surface area contributed by atoms with Crippen LogP contribution in [0.25, 0.3) is 0 Å². The predicted octanol–water partition coefficient (Wildman–Crippen LogP) is 4.97. The Bertz CT molecular complexity index is 530. The minimum atomic E-state index is 0.951. The quantitative estimate of drug-likeness (QED) is 0.822. The summed E-state index contributed by atoms with van der Waals surface area (Å²) in [6, 6.07) is 6.20. The second kappa shape index (κ2) is 5.19. The number of aryl methyl sites for hydroxylation is 2. The molecule has 0 saturated carbocycles. The van der Waals surface area contributed by atoms with Gasteiger partial charge < -0.3 is 5.32 Å². The Morgan fingerprint density at radius 1 is 1.12 bits per heavy atom. The molecule has 0 aliphatic rings. The molecular formula is C13H12Br2N2. The summed E-state index contributed by atoms with van der Waals surface area (Å²) in [6.07, 6.45) is 3.55. The number of pyridine rings is 1. The molecule has 2 aromatic rings. The molecule has 0 saturated heterocycles. The highest BCUT2D eigenvalue weighted by Crippen LogP contribution is 2.32. The van der Waals surface area contributed by atoms with Crippen LogP contribution in [0.5, 0.6) is 0 Å². The van der Waals surface area contributed by atoms with Crippen LogP contribution in [0.4, 0.5) is 11.4 Å². The Hall–Kier alpha value is -0.870. The molecule has 1 aromatic carbocycles. The molecule has 1 N–H and O–H groups in total. The summed E-state index contributed by atoms with van der Waals surface area (Å²) >= 11 is 7.06. The average molecular weight is 356 g/mol. The van der Waals surface area contributed by atoms with Crippen LogP contribution in [0.3, 0.4) is 0 Å². The van der Waals surface area contributed by atoms with Gasteiger partial charge in [-0.2, -0.15) is 0 Å². The van der Waals surface area contributed by atoms with E-state index in [-0.39, 0.29) is 0 Å². The summed E-state index contributed by atoms with van der Waals surface area (Å²) in [6.45, 7) is 4.18. The smallest absolute Gasteiger partial charge is 0.0593 e. The number of nitrogens with zero attached hydrogens (tertiary/aromatic N) is 1. The van der Waals surface area contributed by atoms with Gasteiger partial charge in [0.2, 0.25) is 0 Å². The first-order valence-corrected chi connectivity index (χ1v) is 6.80. The van der Waals surface area contributed by atoms with Gasteiger partial charge >= 0.3 is 0 Å². The summed E-state index contributed by atoms with van der Waals surface area (Å²) in [4.78, 5) is 4.05. The van der Waals surface area contributed by atoms with Gasteiger partial charge in [0, 0.05) is 16.9 Å². The van der Waals surface area contributed by atoms with Gasteiger partial charge in [-0.1, -0.05) is 6.07 Å². The van der Waals surface area contributed by atoms with Crippen LogP contribution in [0, 0.1) is 13.8 Å². The number of rotatable bonds is 2. The van der Waals surface area contributed by atoms with Crippen LogP contribution < -0.4 is 5.32 Å². The molecular weight excluding hydrogens is 344 g/mol. The minimum Gasteiger partial charge on any atom is -0.353 e. The lowest BCUT2D eigenvalue weighted by Gasteiger charge is -2.13. The predicted molar refractivity (Wildman–Crippen MR) is 78.8 cm³/mol. The van der Waals surface area contributed by atoms with Gasteiger partial charge in [-0.25, -0.2) is 0 Å². The highest BCUT2D eigenvalue weighted by atomic mass is 79.9. The van der Waals surface area contributed by atoms with E-state index in [1.54, 1.807) is 12.4 Å². The van der Waals surface area contributed by atoms with Crippen molar-refractivity contribution in [2.45, 2.75) is 13.8 Å². The molecule has 0 atom stereocenters. The summed E-state index contributed by atoms with van der Waals surface area (Å²) in [7, 11) is 0. The fourth-order valence-corrected chi connectivity index (χ4v) is 2.81. The van der Waals surface area contributed by atoms with E-state index in [1.807, 2.05) is 6.07 Å². The first kappa shape index (κ1) is 12.6. The number of benzene rings is 1. The maximum absolute atomic E-state index is 4.05. The lowest BCUT2D eigenvalue weighted by molar-refractivity contribution is 1.29. The lowest BCUT2D eigenvalue weighted by Crippen LogP contribution is -1.96. The Balaban J connectivity index is 2.40.